The van der Waals surface area contributed by atoms with Gasteiger partial charge in [-0.15, -0.1) is 0 Å². The summed E-state index contributed by atoms with van der Waals surface area (Å²) in [6.07, 6.45) is 0. The molecule has 0 amide bonds. The SMILES string of the molecule is c1ccc(N2c3cc4oc5ccccc5c4cc3B3c4cc5c(cc4N(c4ccccc4)c4cccc2c43)oc2ccccc25)cc1. The quantitative estimate of drug-likeness (QED) is 0.185. The Bertz CT molecular complexity index is 2530. The Balaban J connectivity index is 1.30. The molecule has 2 aliphatic heterocycles. The summed E-state index contributed by atoms with van der Waals surface area (Å²) in [5.74, 6) is 0. The van der Waals surface area contributed by atoms with Crippen molar-refractivity contribution in [3.63, 3.8) is 0 Å². The summed E-state index contributed by atoms with van der Waals surface area (Å²) >= 11 is 0. The van der Waals surface area contributed by atoms with Gasteiger partial charge in [0.1, 0.15) is 22.3 Å². The van der Waals surface area contributed by atoms with Crippen LogP contribution in [0.25, 0.3) is 43.9 Å². The lowest BCUT2D eigenvalue weighted by molar-refractivity contribution is 0.668. The summed E-state index contributed by atoms with van der Waals surface area (Å²) in [5.41, 5.74) is 14.2. The Morgan fingerprint density at radius 1 is 0.362 bits per heavy atom. The van der Waals surface area contributed by atoms with Crippen molar-refractivity contribution in [2.75, 3.05) is 9.80 Å². The maximum atomic E-state index is 6.49. The highest BCUT2D eigenvalue weighted by molar-refractivity contribution is 7.00. The average molecular weight is 600 g/mol. The third kappa shape index (κ3) is 3.38. The minimum absolute atomic E-state index is 0.0118. The predicted molar refractivity (Wildman–Crippen MR) is 195 cm³/mol. The second-order valence-electron chi connectivity index (χ2n) is 12.5. The van der Waals surface area contributed by atoms with Crippen LogP contribution in [0.15, 0.2) is 160 Å². The van der Waals surface area contributed by atoms with Crippen molar-refractivity contribution in [1.29, 1.82) is 0 Å². The second kappa shape index (κ2) is 9.18. The molecule has 0 radical (unpaired) electrons. The first-order valence-electron chi connectivity index (χ1n) is 16.1. The lowest BCUT2D eigenvalue weighted by Gasteiger charge is -2.44. The highest BCUT2D eigenvalue weighted by atomic mass is 16.3. The topological polar surface area (TPSA) is 32.8 Å². The second-order valence-corrected chi connectivity index (χ2v) is 12.5. The minimum Gasteiger partial charge on any atom is -0.456 e. The fourth-order valence-corrected chi connectivity index (χ4v) is 8.08. The van der Waals surface area contributed by atoms with Gasteiger partial charge in [0.15, 0.2) is 0 Å². The number of hydrogen-bond acceptors (Lipinski definition) is 4. The molecule has 0 N–H and O–H groups in total. The Labute approximate surface area is 270 Å². The van der Waals surface area contributed by atoms with Crippen molar-refractivity contribution >= 4 is 101 Å². The van der Waals surface area contributed by atoms with E-state index >= 15 is 0 Å². The summed E-state index contributed by atoms with van der Waals surface area (Å²) in [7, 11) is 0. The summed E-state index contributed by atoms with van der Waals surface area (Å²) in [6, 6.07) is 54.1. The van der Waals surface area contributed by atoms with Crippen molar-refractivity contribution in [3.05, 3.63) is 152 Å². The van der Waals surface area contributed by atoms with Gasteiger partial charge in [-0.3, -0.25) is 0 Å². The molecule has 0 bridgehead atoms. The standard InChI is InChI=1S/C42H25BN2O2/c1-3-12-26(13-4-1)44-34-18-11-19-35-42(34)43(32-22-30-28-16-7-9-20-38(28)46-40(30)24-36(32)44)33-23-31-29-17-8-10-21-39(29)47-41(31)25-37(33)45(35)27-14-5-2-6-15-27/h1-25H. The molecule has 4 heterocycles. The van der Waals surface area contributed by atoms with Gasteiger partial charge in [0, 0.05) is 67.8 Å². The van der Waals surface area contributed by atoms with Crippen molar-refractivity contribution in [2.45, 2.75) is 0 Å². The van der Waals surface area contributed by atoms with Crippen LogP contribution in [0.3, 0.4) is 0 Å². The van der Waals surface area contributed by atoms with Crippen LogP contribution in [-0.2, 0) is 0 Å². The van der Waals surface area contributed by atoms with E-state index in [0.29, 0.717) is 0 Å². The third-order valence-electron chi connectivity index (χ3n) is 10.0. The van der Waals surface area contributed by atoms with Crippen molar-refractivity contribution < 1.29 is 8.83 Å². The summed E-state index contributed by atoms with van der Waals surface area (Å²) < 4.78 is 13.0. The van der Waals surface area contributed by atoms with E-state index in [0.717, 1.165) is 66.6 Å². The molecule has 4 nitrogen and oxygen atoms in total. The molecule has 0 saturated heterocycles. The maximum Gasteiger partial charge on any atom is 0.252 e. The average Bonchev–Trinajstić information content (AvgIpc) is 3.68. The van der Waals surface area contributed by atoms with Crippen LogP contribution in [0.4, 0.5) is 34.1 Å². The number of hydrogen-bond donors (Lipinski definition) is 0. The van der Waals surface area contributed by atoms with Crippen molar-refractivity contribution in [3.8, 4) is 0 Å². The first kappa shape index (κ1) is 25.0. The van der Waals surface area contributed by atoms with Crippen LogP contribution in [0.2, 0.25) is 0 Å². The van der Waals surface area contributed by atoms with E-state index in [1.165, 1.54) is 27.8 Å². The van der Waals surface area contributed by atoms with Crippen LogP contribution < -0.4 is 26.2 Å². The smallest absolute Gasteiger partial charge is 0.252 e. The molecule has 11 rings (SSSR count). The van der Waals surface area contributed by atoms with E-state index in [1.807, 2.05) is 12.1 Å². The van der Waals surface area contributed by atoms with Crippen LogP contribution in [-0.4, -0.2) is 6.71 Å². The van der Waals surface area contributed by atoms with Crippen LogP contribution in [0, 0.1) is 0 Å². The predicted octanol–water partition coefficient (Wildman–Crippen LogP) is 9.57. The lowest BCUT2D eigenvalue weighted by Crippen LogP contribution is -2.61. The monoisotopic (exact) mass is 600 g/mol. The zero-order valence-electron chi connectivity index (χ0n) is 25.2. The molecule has 0 unspecified atom stereocenters. The number of anilines is 6. The van der Waals surface area contributed by atoms with Crippen molar-refractivity contribution in [2.24, 2.45) is 0 Å². The molecular weight excluding hydrogens is 575 g/mol. The van der Waals surface area contributed by atoms with Crippen LogP contribution >= 0.6 is 0 Å². The Hall–Kier alpha value is -6.20. The maximum absolute atomic E-state index is 6.49. The fourth-order valence-electron chi connectivity index (χ4n) is 8.08. The van der Waals surface area contributed by atoms with E-state index in [4.69, 9.17) is 8.83 Å². The van der Waals surface area contributed by atoms with E-state index in [9.17, 15) is 0 Å². The molecule has 2 aliphatic rings. The number of nitrogens with zero attached hydrogens (tertiary/aromatic N) is 2. The molecule has 0 saturated carbocycles. The first-order chi connectivity index (χ1) is 23.3. The number of fused-ring (bicyclic) bond motifs is 10. The zero-order valence-corrected chi connectivity index (χ0v) is 25.2. The molecule has 7 aromatic carbocycles. The summed E-state index contributed by atoms with van der Waals surface area (Å²) in [4.78, 5) is 4.83. The molecule has 9 aromatic rings. The van der Waals surface area contributed by atoms with Gasteiger partial charge in [0.25, 0.3) is 6.71 Å². The van der Waals surface area contributed by atoms with E-state index in [1.54, 1.807) is 0 Å². The van der Waals surface area contributed by atoms with Crippen LogP contribution in [0.5, 0.6) is 0 Å². The molecule has 2 aromatic heterocycles. The Kier molecular flexibility index (Phi) is 4.89. The van der Waals surface area contributed by atoms with Gasteiger partial charge < -0.3 is 18.6 Å². The van der Waals surface area contributed by atoms with Gasteiger partial charge in [0.2, 0.25) is 0 Å². The number of furan rings is 2. The van der Waals surface area contributed by atoms with Gasteiger partial charge in [0.05, 0.1) is 0 Å². The summed E-state index contributed by atoms with van der Waals surface area (Å²) in [5, 5.41) is 4.54. The third-order valence-corrected chi connectivity index (χ3v) is 10.0. The summed E-state index contributed by atoms with van der Waals surface area (Å²) in [6.45, 7) is -0.0118. The lowest BCUT2D eigenvalue weighted by atomic mass is 9.33. The van der Waals surface area contributed by atoms with Gasteiger partial charge in [-0.05, 0) is 64.9 Å². The van der Waals surface area contributed by atoms with E-state index < -0.39 is 0 Å². The Morgan fingerprint density at radius 2 is 0.809 bits per heavy atom. The van der Waals surface area contributed by atoms with Gasteiger partial charge >= 0.3 is 0 Å². The van der Waals surface area contributed by atoms with Gasteiger partial charge in [-0.25, -0.2) is 0 Å². The highest BCUT2D eigenvalue weighted by Crippen LogP contribution is 2.46. The molecule has 0 fully saturated rings. The molecule has 218 valence electrons. The molecular formula is C42H25BN2O2. The number of rotatable bonds is 2. The molecule has 5 heteroatoms. The minimum atomic E-state index is -0.0118. The zero-order chi connectivity index (χ0) is 30.6. The van der Waals surface area contributed by atoms with E-state index in [-0.39, 0.29) is 6.71 Å². The van der Waals surface area contributed by atoms with Crippen LogP contribution in [0.1, 0.15) is 0 Å². The van der Waals surface area contributed by atoms with Crippen molar-refractivity contribution in [1.82, 2.24) is 0 Å². The van der Waals surface area contributed by atoms with Gasteiger partial charge in [-0.2, -0.15) is 0 Å². The Morgan fingerprint density at radius 3 is 1.30 bits per heavy atom. The van der Waals surface area contributed by atoms with Gasteiger partial charge in [-0.1, -0.05) is 91.0 Å². The number of benzene rings is 7. The fraction of sp³-hybridized carbons (Fsp3) is 0. The highest BCUT2D eigenvalue weighted by Gasteiger charge is 2.44. The molecule has 0 aliphatic carbocycles. The van der Waals surface area contributed by atoms with E-state index in [2.05, 4.69) is 149 Å². The number of para-hydroxylation sites is 4. The largest absolute Gasteiger partial charge is 0.456 e. The first-order valence-corrected chi connectivity index (χ1v) is 16.1. The molecule has 0 atom stereocenters. The molecule has 0 spiro atoms. The normalized spacial score (nSPS) is 13.4. The molecule has 47 heavy (non-hydrogen) atoms.